The van der Waals surface area contributed by atoms with Crippen LogP contribution in [-0.2, 0) is 14.2 Å². The molecule has 0 aromatic carbocycles. The van der Waals surface area contributed by atoms with Crippen molar-refractivity contribution in [3.05, 3.63) is 0 Å². The molecule has 1 aliphatic carbocycles. The molecule has 4 nitrogen and oxygen atoms in total. The number of hydrogen-bond acceptors (Lipinski definition) is 4. The highest BCUT2D eigenvalue weighted by Gasteiger charge is 2.57. The van der Waals surface area contributed by atoms with Gasteiger partial charge >= 0.3 is 0 Å². The third-order valence-corrected chi connectivity index (χ3v) is 3.39. The molecule has 0 bridgehead atoms. The van der Waals surface area contributed by atoms with Crippen LogP contribution >= 0.6 is 0 Å². The van der Waals surface area contributed by atoms with Crippen molar-refractivity contribution in [1.82, 2.24) is 0 Å². The maximum atomic E-state index is 6.27. The van der Waals surface area contributed by atoms with E-state index in [4.69, 9.17) is 19.9 Å². The van der Waals surface area contributed by atoms with E-state index in [1.54, 1.807) is 0 Å². The predicted octanol–water partition coefficient (Wildman–Crippen LogP) is 2.02. The van der Waals surface area contributed by atoms with Crippen molar-refractivity contribution in [3.63, 3.8) is 0 Å². The molecule has 0 aromatic heterocycles. The standard InChI is InChI=1S/C13H25NO3/c1-11(2,3)15-8-9-6-7-13(14)10(9)16-12(4,5)17-13/h9-10H,6-8,14H2,1-5H3. The van der Waals surface area contributed by atoms with E-state index in [0.717, 1.165) is 12.8 Å². The van der Waals surface area contributed by atoms with Crippen LogP contribution in [0.25, 0.3) is 0 Å². The first-order chi connectivity index (χ1) is 7.61. The van der Waals surface area contributed by atoms with Crippen LogP contribution in [0.3, 0.4) is 0 Å². The Labute approximate surface area is 104 Å². The molecule has 2 aliphatic rings. The zero-order chi connectivity index (χ0) is 12.9. The minimum atomic E-state index is -0.616. The summed E-state index contributed by atoms with van der Waals surface area (Å²) in [5, 5.41) is 0. The molecular weight excluding hydrogens is 218 g/mol. The van der Waals surface area contributed by atoms with Gasteiger partial charge in [0, 0.05) is 5.92 Å². The third-order valence-electron chi connectivity index (χ3n) is 3.39. The highest BCUT2D eigenvalue weighted by atomic mass is 16.8. The van der Waals surface area contributed by atoms with Gasteiger partial charge in [-0.25, -0.2) is 0 Å². The molecule has 2 rings (SSSR count). The Bertz CT molecular complexity index is 298. The summed E-state index contributed by atoms with van der Waals surface area (Å²) in [7, 11) is 0. The zero-order valence-corrected chi connectivity index (χ0v) is 11.6. The summed E-state index contributed by atoms with van der Waals surface area (Å²) >= 11 is 0. The van der Waals surface area contributed by atoms with E-state index in [1.165, 1.54) is 0 Å². The minimum absolute atomic E-state index is 0.0418. The lowest BCUT2D eigenvalue weighted by molar-refractivity contribution is -0.172. The highest BCUT2D eigenvalue weighted by Crippen LogP contribution is 2.46. The maximum Gasteiger partial charge on any atom is 0.165 e. The number of hydrogen-bond donors (Lipinski definition) is 1. The highest BCUT2D eigenvalue weighted by molar-refractivity contribution is 5.01. The molecule has 4 heteroatoms. The summed E-state index contributed by atoms with van der Waals surface area (Å²) < 4.78 is 17.6. The minimum Gasteiger partial charge on any atom is -0.375 e. The largest absolute Gasteiger partial charge is 0.375 e. The van der Waals surface area contributed by atoms with E-state index < -0.39 is 11.5 Å². The molecule has 1 saturated heterocycles. The van der Waals surface area contributed by atoms with Crippen molar-refractivity contribution in [2.45, 2.75) is 70.7 Å². The van der Waals surface area contributed by atoms with Crippen molar-refractivity contribution >= 4 is 0 Å². The molecule has 1 heterocycles. The molecule has 17 heavy (non-hydrogen) atoms. The fourth-order valence-electron chi connectivity index (χ4n) is 2.72. The summed E-state index contributed by atoms with van der Waals surface area (Å²) in [6.45, 7) is 10.7. The predicted molar refractivity (Wildman–Crippen MR) is 65.4 cm³/mol. The molecule has 1 aliphatic heterocycles. The molecule has 2 fully saturated rings. The molecule has 3 unspecified atom stereocenters. The lowest BCUT2D eigenvalue weighted by atomic mass is 10.0. The summed E-state index contributed by atoms with van der Waals surface area (Å²) in [6.07, 6.45) is 1.81. The Morgan fingerprint density at radius 3 is 2.59 bits per heavy atom. The number of fused-ring (bicyclic) bond motifs is 1. The quantitative estimate of drug-likeness (QED) is 0.806. The molecule has 3 atom stereocenters. The van der Waals surface area contributed by atoms with E-state index in [9.17, 15) is 0 Å². The second-order valence-corrected chi connectivity index (χ2v) is 6.72. The van der Waals surface area contributed by atoms with Gasteiger partial charge in [0.25, 0.3) is 0 Å². The van der Waals surface area contributed by atoms with E-state index in [0.29, 0.717) is 12.5 Å². The van der Waals surface area contributed by atoms with Crippen LogP contribution in [0.2, 0.25) is 0 Å². The SMILES string of the molecule is CC(C)(C)OCC1CCC2(N)OC(C)(C)OC12. The Morgan fingerprint density at radius 2 is 2.00 bits per heavy atom. The summed E-state index contributed by atoms with van der Waals surface area (Å²) in [5.74, 6) is -0.235. The van der Waals surface area contributed by atoms with Crippen molar-refractivity contribution in [2.24, 2.45) is 11.7 Å². The van der Waals surface area contributed by atoms with E-state index in [1.807, 2.05) is 13.8 Å². The average Bonchev–Trinajstić information content (AvgIpc) is 2.49. The number of nitrogens with two attached hydrogens (primary N) is 1. The topological polar surface area (TPSA) is 53.7 Å². The Hall–Kier alpha value is -0.160. The van der Waals surface area contributed by atoms with E-state index >= 15 is 0 Å². The molecule has 2 N–H and O–H groups in total. The first kappa shape index (κ1) is 13.3. The average molecular weight is 243 g/mol. The van der Waals surface area contributed by atoms with Gasteiger partial charge in [0.1, 0.15) is 11.8 Å². The zero-order valence-electron chi connectivity index (χ0n) is 11.6. The van der Waals surface area contributed by atoms with Crippen molar-refractivity contribution in [1.29, 1.82) is 0 Å². The van der Waals surface area contributed by atoms with Gasteiger partial charge in [-0.05, 0) is 47.5 Å². The Balaban J connectivity index is 1.99. The summed E-state index contributed by atoms with van der Waals surface area (Å²) in [5.41, 5.74) is 5.54. The molecule has 1 saturated carbocycles. The van der Waals surface area contributed by atoms with Gasteiger partial charge in [-0.1, -0.05) is 0 Å². The monoisotopic (exact) mass is 243 g/mol. The van der Waals surface area contributed by atoms with Crippen LogP contribution in [0.5, 0.6) is 0 Å². The first-order valence-electron chi connectivity index (χ1n) is 6.42. The second-order valence-electron chi connectivity index (χ2n) is 6.72. The van der Waals surface area contributed by atoms with Crippen molar-refractivity contribution in [2.75, 3.05) is 6.61 Å². The van der Waals surface area contributed by atoms with Crippen LogP contribution in [0.4, 0.5) is 0 Å². The maximum absolute atomic E-state index is 6.27. The molecule has 0 radical (unpaired) electrons. The first-order valence-corrected chi connectivity index (χ1v) is 6.42. The van der Waals surface area contributed by atoms with Gasteiger partial charge in [0.05, 0.1) is 12.2 Å². The van der Waals surface area contributed by atoms with Gasteiger partial charge in [-0.3, -0.25) is 0 Å². The van der Waals surface area contributed by atoms with Crippen LogP contribution in [0.1, 0.15) is 47.5 Å². The number of rotatable bonds is 2. The van der Waals surface area contributed by atoms with Gasteiger partial charge in [0.15, 0.2) is 5.79 Å². The van der Waals surface area contributed by atoms with E-state index in [2.05, 4.69) is 20.8 Å². The molecule has 100 valence electrons. The lowest BCUT2D eigenvalue weighted by Crippen LogP contribution is -2.47. The Kier molecular flexibility index (Phi) is 3.06. The molecule has 0 amide bonds. The smallest absolute Gasteiger partial charge is 0.165 e. The van der Waals surface area contributed by atoms with Crippen LogP contribution < -0.4 is 5.73 Å². The fourth-order valence-corrected chi connectivity index (χ4v) is 2.72. The van der Waals surface area contributed by atoms with Crippen LogP contribution in [0.15, 0.2) is 0 Å². The van der Waals surface area contributed by atoms with Crippen molar-refractivity contribution < 1.29 is 14.2 Å². The second kappa shape index (κ2) is 3.92. The van der Waals surface area contributed by atoms with Gasteiger partial charge in [-0.2, -0.15) is 0 Å². The van der Waals surface area contributed by atoms with Gasteiger partial charge < -0.3 is 19.9 Å². The normalized spacial score (nSPS) is 40.6. The molecule has 0 aromatic rings. The lowest BCUT2D eigenvalue weighted by Gasteiger charge is -2.26. The van der Waals surface area contributed by atoms with Crippen LogP contribution in [-0.4, -0.2) is 29.8 Å². The van der Waals surface area contributed by atoms with E-state index in [-0.39, 0.29) is 11.7 Å². The van der Waals surface area contributed by atoms with Crippen molar-refractivity contribution in [3.8, 4) is 0 Å². The summed E-state index contributed by atoms with van der Waals surface area (Å²) in [4.78, 5) is 0. The van der Waals surface area contributed by atoms with Gasteiger partial charge in [0.2, 0.25) is 0 Å². The number of ether oxygens (including phenoxy) is 3. The summed E-state index contributed by atoms with van der Waals surface area (Å²) in [6, 6.07) is 0. The Morgan fingerprint density at radius 1 is 1.35 bits per heavy atom. The van der Waals surface area contributed by atoms with Crippen LogP contribution in [0, 0.1) is 5.92 Å². The molecular formula is C13H25NO3. The fraction of sp³-hybridized carbons (Fsp3) is 1.00. The molecule has 0 spiro atoms. The van der Waals surface area contributed by atoms with Gasteiger partial charge in [-0.15, -0.1) is 0 Å². The third kappa shape index (κ3) is 2.81.